The first-order valence-corrected chi connectivity index (χ1v) is 9.86. The second-order valence-electron chi connectivity index (χ2n) is 5.98. The van der Waals surface area contributed by atoms with Gasteiger partial charge in [0.2, 0.25) is 0 Å². The van der Waals surface area contributed by atoms with Crippen LogP contribution in [-0.4, -0.2) is 33.3 Å². The molecule has 0 radical (unpaired) electrons. The Morgan fingerprint density at radius 2 is 2.00 bits per heavy atom. The Balaban J connectivity index is 1.62. The number of nitrogens with zero attached hydrogens (tertiary/aromatic N) is 1. The Morgan fingerprint density at radius 3 is 2.71 bits per heavy atom. The summed E-state index contributed by atoms with van der Waals surface area (Å²) in [6.07, 6.45) is 1.36. The molecule has 0 saturated carbocycles. The molecule has 0 aromatic heterocycles. The average Bonchev–Trinajstić information content (AvgIpc) is 3.13. The summed E-state index contributed by atoms with van der Waals surface area (Å²) in [7, 11) is -3.82. The number of nitrogens with one attached hydrogen (secondary N) is 2. The summed E-state index contributed by atoms with van der Waals surface area (Å²) in [6.45, 7) is 0.0528. The van der Waals surface area contributed by atoms with Crippen LogP contribution in [0, 0.1) is 11.6 Å². The third kappa shape index (κ3) is 5.03. The van der Waals surface area contributed by atoms with Crippen molar-refractivity contribution in [1.29, 1.82) is 0 Å². The first kappa shape index (κ1) is 19.7. The number of anilines is 1. The van der Waals surface area contributed by atoms with Crippen LogP contribution in [0.25, 0.3) is 0 Å². The smallest absolute Gasteiger partial charge is 0.262 e. The van der Waals surface area contributed by atoms with Crippen LogP contribution in [0.1, 0.15) is 12.8 Å². The second-order valence-corrected chi connectivity index (χ2v) is 7.66. The predicted octanol–water partition coefficient (Wildman–Crippen LogP) is 2.45. The zero-order valence-electron chi connectivity index (χ0n) is 14.6. The lowest BCUT2D eigenvalue weighted by molar-refractivity contribution is -0.118. The highest BCUT2D eigenvalue weighted by molar-refractivity contribution is 7.90. The van der Waals surface area contributed by atoms with Crippen molar-refractivity contribution in [3.05, 3.63) is 54.1 Å². The maximum Gasteiger partial charge on any atom is 0.262 e. The van der Waals surface area contributed by atoms with E-state index in [0.29, 0.717) is 24.9 Å². The Bertz CT molecular complexity index is 1030. The molecule has 7 nitrogen and oxygen atoms in total. The molecule has 0 atom stereocenters. The van der Waals surface area contributed by atoms with Crippen LogP contribution in [0.15, 0.2) is 52.4 Å². The molecule has 0 fully saturated rings. The van der Waals surface area contributed by atoms with Crippen molar-refractivity contribution in [3.63, 3.8) is 0 Å². The molecule has 28 heavy (non-hydrogen) atoms. The molecule has 2 N–H and O–H groups in total. The van der Waals surface area contributed by atoms with Crippen molar-refractivity contribution in [3.8, 4) is 5.75 Å². The van der Waals surface area contributed by atoms with Gasteiger partial charge in [0.1, 0.15) is 11.7 Å². The number of aliphatic imine (C=N–C) groups is 1. The molecule has 2 aromatic rings. The van der Waals surface area contributed by atoms with Gasteiger partial charge in [-0.1, -0.05) is 6.07 Å². The van der Waals surface area contributed by atoms with Crippen LogP contribution in [0.5, 0.6) is 5.75 Å². The van der Waals surface area contributed by atoms with Crippen LogP contribution < -0.4 is 14.8 Å². The number of amides is 1. The fourth-order valence-electron chi connectivity index (χ4n) is 2.51. The molecule has 1 heterocycles. The summed E-state index contributed by atoms with van der Waals surface area (Å²) in [5, 5.41) is 2.47. The van der Waals surface area contributed by atoms with E-state index < -0.39 is 34.2 Å². The third-order valence-corrected chi connectivity index (χ3v) is 5.19. The highest BCUT2D eigenvalue weighted by Gasteiger charge is 2.19. The van der Waals surface area contributed by atoms with Crippen molar-refractivity contribution < 1.29 is 26.7 Å². The minimum atomic E-state index is -3.82. The molecule has 148 valence electrons. The van der Waals surface area contributed by atoms with E-state index in [1.54, 1.807) is 0 Å². The van der Waals surface area contributed by atoms with Gasteiger partial charge in [-0.25, -0.2) is 17.2 Å². The number of carbonyl (C=O) groups excluding carboxylic acids is 1. The summed E-state index contributed by atoms with van der Waals surface area (Å²) < 4.78 is 58.6. The zero-order valence-corrected chi connectivity index (χ0v) is 15.4. The second kappa shape index (κ2) is 8.34. The van der Waals surface area contributed by atoms with Crippen LogP contribution in [0.4, 0.5) is 14.5 Å². The third-order valence-electron chi connectivity index (χ3n) is 3.81. The van der Waals surface area contributed by atoms with E-state index in [1.807, 2.05) is 0 Å². The minimum Gasteiger partial charge on any atom is -0.481 e. The van der Waals surface area contributed by atoms with Gasteiger partial charge >= 0.3 is 0 Å². The molecule has 10 heteroatoms. The fourth-order valence-corrected chi connectivity index (χ4v) is 3.65. The topological polar surface area (TPSA) is 96.9 Å². The molecule has 0 saturated heterocycles. The molecule has 0 spiro atoms. The van der Waals surface area contributed by atoms with Crippen LogP contribution in [-0.2, 0) is 14.8 Å². The average molecular weight is 409 g/mol. The van der Waals surface area contributed by atoms with Crippen molar-refractivity contribution in [2.75, 3.05) is 18.5 Å². The monoisotopic (exact) mass is 409 g/mol. The van der Waals surface area contributed by atoms with Gasteiger partial charge in [-0.3, -0.25) is 14.5 Å². The highest BCUT2D eigenvalue weighted by Crippen LogP contribution is 2.19. The predicted molar refractivity (Wildman–Crippen MR) is 98.8 cm³/mol. The van der Waals surface area contributed by atoms with Crippen molar-refractivity contribution in [2.45, 2.75) is 17.7 Å². The van der Waals surface area contributed by atoms with Crippen molar-refractivity contribution in [2.24, 2.45) is 4.99 Å². The van der Waals surface area contributed by atoms with Gasteiger partial charge < -0.3 is 10.1 Å². The van der Waals surface area contributed by atoms with E-state index in [1.165, 1.54) is 24.3 Å². The summed E-state index contributed by atoms with van der Waals surface area (Å²) in [6, 6.07) is 8.37. The standard InChI is InChI=1S/C18H17F2N3O4S/c19-12-6-7-16(15(20)9-12)27-11-18(24)22-13-3-1-4-14(10-13)28(25,26)23-17-5-2-8-21-17/h1,3-4,6-7,9-10H,2,5,8,11H2,(H,21,23)(H,22,24). The van der Waals surface area contributed by atoms with Gasteiger partial charge in [0.25, 0.3) is 15.9 Å². The number of hydrogen-bond acceptors (Lipinski definition) is 5. The highest BCUT2D eigenvalue weighted by atomic mass is 32.2. The van der Waals surface area contributed by atoms with Gasteiger partial charge in [-0.15, -0.1) is 0 Å². The number of halogens is 2. The number of rotatable bonds is 6. The maximum atomic E-state index is 13.5. The van der Waals surface area contributed by atoms with Crippen LogP contribution >= 0.6 is 0 Å². The Labute approximate surface area is 160 Å². The first-order chi connectivity index (χ1) is 13.3. The summed E-state index contributed by atoms with van der Waals surface area (Å²) in [5.74, 6) is -2.18. The SMILES string of the molecule is O=C(COc1ccc(F)cc1F)Nc1cccc(S(=O)(=O)NC2=NCCC2)c1. The summed E-state index contributed by atoms with van der Waals surface area (Å²) in [4.78, 5) is 16.0. The largest absolute Gasteiger partial charge is 0.481 e. The summed E-state index contributed by atoms with van der Waals surface area (Å²) in [5.41, 5.74) is 0.226. The molecule has 1 aliphatic heterocycles. The van der Waals surface area contributed by atoms with Gasteiger partial charge in [0.15, 0.2) is 18.2 Å². The number of amidine groups is 1. The maximum absolute atomic E-state index is 13.5. The molecule has 0 unspecified atom stereocenters. The van der Waals surface area contributed by atoms with Gasteiger partial charge in [-0.05, 0) is 36.8 Å². The lowest BCUT2D eigenvalue weighted by Gasteiger charge is -2.11. The van der Waals surface area contributed by atoms with E-state index in [9.17, 15) is 22.0 Å². The van der Waals surface area contributed by atoms with E-state index >= 15 is 0 Å². The van der Waals surface area contributed by atoms with Gasteiger partial charge in [0, 0.05) is 24.7 Å². The molecule has 1 amide bonds. The van der Waals surface area contributed by atoms with E-state index in [0.717, 1.165) is 18.6 Å². The number of ether oxygens (including phenoxy) is 1. The van der Waals surface area contributed by atoms with Crippen molar-refractivity contribution >= 4 is 27.5 Å². The number of hydrogen-bond donors (Lipinski definition) is 2. The minimum absolute atomic E-state index is 0.0367. The van der Waals surface area contributed by atoms with Crippen molar-refractivity contribution in [1.82, 2.24) is 4.72 Å². The van der Waals surface area contributed by atoms with E-state index in [2.05, 4.69) is 15.0 Å². The van der Waals surface area contributed by atoms with E-state index in [4.69, 9.17) is 4.74 Å². The quantitative estimate of drug-likeness (QED) is 0.766. The van der Waals surface area contributed by atoms with Crippen LogP contribution in [0.3, 0.4) is 0 Å². The molecular formula is C18H17F2N3O4S. The molecular weight excluding hydrogens is 392 g/mol. The number of benzene rings is 2. The molecule has 0 aliphatic carbocycles. The Morgan fingerprint density at radius 1 is 1.18 bits per heavy atom. The summed E-state index contributed by atoms with van der Waals surface area (Å²) >= 11 is 0. The van der Waals surface area contributed by atoms with Gasteiger partial charge in [0.05, 0.1) is 4.90 Å². The van der Waals surface area contributed by atoms with Crippen LogP contribution in [0.2, 0.25) is 0 Å². The normalized spacial score (nSPS) is 13.7. The number of sulfonamides is 1. The molecule has 0 bridgehead atoms. The number of carbonyl (C=O) groups is 1. The lowest BCUT2D eigenvalue weighted by atomic mass is 10.3. The Kier molecular flexibility index (Phi) is 5.88. The lowest BCUT2D eigenvalue weighted by Crippen LogP contribution is -2.29. The first-order valence-electron chi connectivity index (χ1n) is 8.37. The Hall–Kier alpha value is -3.01. The fraction of sp³-hybridized carbons (Fsp3) is 0.222. The zero-order chi connectivity index (χ0) is 20.1. The van der Waals surface area contributed by atoms with Gasteiger partial charge in [-0.2, -0.15) is 0 Å². The van der Waals surface area contributed by atoms with E-state index in [-0.39, 0.29) is 16.3 Å². The molecule has 2 aromatic carbocycles. The molecule has 1 aliphatic rings. The molecule has 3 rings (SSSR count).